The third-order valence-corrected chi connectivity index (χ3v) is 6.84. The van der Waals surface area contributed by atoms with Crippen molar-refractivity contribution >= 4 is 13.3 Å². The Morgan fingerprint density at radius 1 is 0.658 bits per heavy atom. The van der Waals surface area contributed by atoms with Crippen LogP contribution in [0.4, 0.5) is 0 Å². The van der Waals surface area contributed by atoms with Crippen molar-refractivity contribution in [1.29, 1.82) is 0 Å². The Labute approximate surface area is 227 Å². The molecular weight excluding hydrogens is 467 g/mol. The number of aliphatic imine (C=N–C) groups is 1. The zero-order valence-corrected chi connectivity index (χ0v) is 21.7. The number of benzene rings is 4. The average Bonchev–Trinajstić information content (AvgIpc) is 2.96. The van der Waals surface area contributed by atoms with Gasteiger partial charge >= 0.3 is 227 Å². The summed E-state index contributed by atoms with van der Waals surface area (Å²) in [6, 6.07) is 41.0. The van der Waals surface area contributed by atoms with Gasteiger partial charge in [0.25, 0.3) is 0 Å². The molecule has 4 aromatic carbocycles. The van der Waals surface area contributed by atoms with Gasteiger partial charge in [-0.05, 0) is 0 Å². The first kappa shape index (κ1) is 27.4. The second-order valence-corrected chi connectivity index (χ2v) is 9.71. The molecule has 0 saturated heterocycles. The van der Waals surface area contributed by atoms with Crippen LogP contribution in [-0.4, -0.2) is 41.5 Å². The summed E-state index contributed by atoms with van der Waals surface area (Å²) in [5, 5.41) is 11.8. The molecule has 0 saturated carbocycles. The predicted octanol–water partition coefficient (Wildman–Crippen LogP) is 5.74. The number of rotatable bonds is 14. The van der Waals surface area contributed by atoms with Crippen molar-refractivity contribution in [2.45, 2.75) is 50.5 Å². The normalized spacial score (nSPS) is 13.7. The molecule has 0 aliphatic heterocycles. The number of hydrogen-bond donors (Lipinski definition) is 1. The van der Waals surface area contributed by atoms with E-state index in [4.69, 9.17) is 0 Å². The molecule has 192 valence electrons. The predicted molar refractivity (Wildman–Crippen MR) is 156 cm³/mol. The van der Waals surface area contributed by atoms with Gasteiger partial charge < -0.3 is 0 Å². The van der Waals surface area contributed by atoms with Crippen LogP contribution in [0.3, 0.4) is 0 Å². The van der Waals surface area contributed by atoms with Gasteiger partial charge in [0.1, 0.15) is 0 Å². The molecule has 0 unspecified atom stereocenters. The van der Waals surface area contributed by atoms with Crippen LogP contribution in [0.2, 0.25) is 0 Å². The van der Waals surface area contributed by atoms with Crippen molar-refractivity contribution in [1.82, 2.24) is 4.90 Å². The fourth-order valence-electron chi connectivity index (χ4n) is 4.97. The first-order chi connectivity index (χ1) is 18.7. The molecule has 0 aromatic heterocycles. The summed E-state index contributed by atoms with van der Waals surface area (Å²) < 4.78 is 11.1. The number of aliphatic hydroxyl groups excluding tert-OH is 1. The standard InChI is InChI=1S/C33H35BN2O2/c37-33(23-31(35-26-34-38)21-27-13-5-1-6-14-27)32(22-28-15-7-2-8-16-28)36(24-29-17-9-3-10-18-29)25-30-19-11-4-12-20-30/h1-20,26,31-33,37H,21-25H2/t31-,32+,33-/m0/s1. The van der Waals surface area contributed by atoms with Gasteiger partial charge in [-0.25, -0.2) is 0 Å². The molecule has 3 atom stereocenters. The number of nitrogens with zero attached hydrogens (tertiary/aromatic N) is 2. The summed E-state index contributed by atoms with van der Waals surface area (Å²) in [6.45, 7) is 1.43. The Balaban J connectivity index is 1.64. The summed E-state index contributed by atoms with van der Waals surface area (Å²) in [5.74, 6) is 0. The van der Waals surface area contributed by atoms with Crippen LogP contribution in [-0.2, 0) is 30.6 Å². The van der Waals surface area contributed by atoms with Crippen LogP contribution in [0.25, 0.3) is 0 Å². The van der Waals surface area contributed by atoms with Crippen molar-refractivity contribution in [3.63, 3.8) is 0 Å². The monoisotopic (exact) mass is 502 g/mol. The van der Waals surface area contributed by atoms with E-state index < -0.39 is 6.10 Å². The Kier molecular flexibility index (Phi) is 10.7. The maximum absolute atomic E-state index is 11.8. The Bertz CT molecular complexity index is 1200. The fraction of sp³-hybridized carbons (Fsp3) is 0.242. The van der Waals surface area contributed by atoms with Gasteiger partial charge in [0.2, 0.25) is 0 Å². The van der Waals surface area contributed by atoms with Crippen LogP contribution in [0.1, 0.15) is 28.7 Å². The van der Waals surface area contributed by atoms with Crippen molar-refractivity contribution in [3.05, 3.63) is 144 Å². The Hall–Kier alpha value is -3.67. The van der Waals surface area contributed by atoms with E-state index >= 15 is 0 Å². The van der Waals surface area contributed by atoms with Crippen LogP contribution in [0.15, 0.2) is 126 Å². The Morgan fingerprint density at radius 3 is 1.53 bits per heavy atom. The summed E-state index contributed by atoms with van der Waals surface area (Å²) in [5.41, 5.74) is 4.72. The van der Waals surface area contributed by atoms with E-state index in [9.17, 15) is 9.81 Å². The molecule has 4 rings (SSSR count). The molecule has 1 N–H and O–H groups in total. The van der Waals surface area contributed by atoms with E-state index in [0.717, 1.165) is 5.56 Å². The molecule has 0 aliphatic rings. The maximum atomic E-state index is 11.8. The molecule has 0 fully saturated rings. The van der Waals surface area contributed by atoms with Gasteiger partial charge in [-0.2, -0.15) is 0 Å². The molecule has 5 heteroatoms. The summed E-state index contributed by atoms with van der Waals surface area (Å²) >= 11 is 0. The van der Waals surface area contributed by atoms with Crippen molar-refractivity contribution in [2.75, 3.05) is 0 Å². The van der Waals surface area contributed by atoms with Crippen molar-refractivity contribution in [2.24, 2.45) is 4.99 Å². The molecule has 38 heavy (non-hydrogen) atoms. The second-order valence-electron chi connectivity index (χ2n) is 9.71. The fourth-order valence-corrected chi connectivity index (χ4v) is 4.97. The van der Waals surface area contributed by atoms with Gasteiger partial charge in [-0.3, -0.25) is 0 Å². The molecular formula is C33H35BN2O2. The zero-order valence-electron chi connectivity index (χ0n) is 21.7. The molecule has 0 radical (unpaired) electrons. The first-order valence-corrected chi connectivity index (χ1v) is 13.3. The quantitative estimate of drug-likeness (QED) is 0.177. The van der Waals surface area contributed by atoms with Crippen molar-refractivity contribution in [3.8, 4) is 0 Å². The van der Waals surface area contributed by atoms with E-state index in [0.29, 0.717) is 39.5 Å². The molecule has 0 amide bonds. The van der Waals surface area contributed by atoms with Gasteiger partial charge in [0.15, 0.2) is 0 Å². The van der Waals surface area contributed by atoms with Crippen molar-refractivity contribution < 1.29 is 9.81 Å². The number of aliphatic hydroxyl groups is 1. The van der Waals surface area contributed by atoms with Gasteiger partial charge in [-0.15, -0.1) is 0 Å². The van der Waals surface area contributed by atoms with E-state index in [2.05, 4.69) is 82.7 Å². The molecule has 0 aliphatic carbocycles. The minimum atomic E-state index is -0.653. The SMILES string of the molecule is O=BC=N[C@@H](Cc1ccccc1)C[C@H](O)[C@@H](Cc1ccccc1)N(Cc1ccccc1)Cc1ccccc1. The second kappa shape index (κ2) is 14.9. The summed E-state index contributed by atoms with van der Waals surface area (Å²) in [6.07, 6.45) is 2.49. The molecule has 0 spiro atoms. The first-order valence-electron chi connectivity index (χ1n) is 13.3. The summed E-state index contributed by atoms with van der Waals surface area (Å²) in [4.78, 5) is 6.90. The molecule has 0 bridgehead atoms. The molecule has 0 heterocycles. The molecule has 4 nitrogen and oxygen atoms in total. The average molecular weight is 502 g/mol. The van der Waals surface area contributed by atoms with E-state index in [-0.39, 0.29) is 12.1 Å². The van der Waals surface area contributed by atoms with Gasteiger partial charge in [-0.1, -0.05) is 0 Å². The van der Waals surface area contributed by atoms with Crippen LogP contribution in [0.5, 0.6) is 0 Å². The number of hydrogen-bond acceptors (Lipinski definition) is 4. The summed E-state index contributed by atoms with van der Waals surface area (Å²) in [7, 11) is 0.711. The van der Waals surface area contributed by atoms with Crippen LogP contribution < -0.4 is 0 Å². The zero-order chi connectivity index (χ0) is 26.4. The topological polar surface area (TPSA) is 52.9 Å². The van der Waals surface area contributed by atoms with Gasteiger partial charge in [0, 0.05) is 0 Å². The van der Waals surface area contributed by atoms with Gasteiger partial charge in [0.05, 0.1) is 0 Å². The van der Waals surface area contributed by atoms with E-state index in [1.54, 1.807) is 0 Å². The van der Waals surface area contributed by atoms with Crippen LogP contribution >= 0.6 is 0 Å². The Morgan fingerprint density at radius 2 is 1.08 bits per heavy atom. The third-order valence-electron chi connectivity index (χ3n) is 6.84. The molecule has 4 aromatic rings. The van der Waals surface area contributed by atoms with E-state index in [1.165, 1.54) is 22.8 Å². The van der Waals surface area contributed by atoms with E-state index in [1.807, 2.05) is 48.5 Å². The van der Waals surface area contributed by atoms with Crippen LogP contribution in [0, 0.1) is 0 Å². The third kappa shape index (κ3) is 8.72. The minimum absolute atomic E-state index is 0.150.